The number of carbonyl (C=O) groups excluding carboxylic acids is 1. The summed E-state index contributed by atoms with van der Waals surface area (Å²) in [6.45, 7) is 5.51. The molecule has 10 nitrogen and oxygen atoms in total. The summed E-state index contributed by atoms with van der Waals surface area (Å²) < 4.78 is 13.3. The van der Waals surface area contributed by atoms with Crippen molar-refractivity contribution in [2.45, 2.75) is 65.1 Å². The number of hydrogen-bond acceptors (Lipinski definition) is 7. The molecule has 1 aliphatic heterocycles. The molecule has 3 atom stereocenters. The lowest BCUT2D eigenvalue weighted by Crippen LogP contribution is -2.29. The van der Waals surface area contributed by atoms with Crippen molar-refractivity contribution in [3.05, 3.63) is 23.5 Å². The van der Waals surface area contributed by atoms with Crippen LogP contribution in [-0.2, 0) is 23.2 Å². The Bertz CT molecular complexity index is 1040. The predicted octanol–water partition coefficient (Wildman–Crippen LogP) is 3.58. The molecule has 2 aromatic rings. The number of carboxylic acids is 1. The molecule has 3 heterocycles. The zero-order valence-electron chi connectivity index (χ0n) is 20.1. The smallest absolute Gasteiger partial charge is 0.410 e. The Morgan fingerprint density at radius 3 is 2.76 bits per heavy atom. The van der Waals surface area contributed by atoms with E-state index in [1.165, 1.54) is 0 Å². The van der Waals surface area contributed by atoms with Crippen molar-refractivity contribution in [2.75, 3.05) is 13.1 Å². The Morgan fingerprint density at radius 2 is 2.06 bits per heavy atom. The van der Waals surface area contributed by atoms with Crippen LogP contribution >= 0.6 is 0 Å². The van der Waals surface area contributed by atoms with Crippen LogP contribution in [0, 0.1) is 18.8 Å². The fraction of sp³-hybridized carbons (Fsp3) is 0.625. The second-order valence-electron chi connectivity index (χ2n) is 9.29. The van der Waals surface area contributed by atoms with Gasteiger partial charge in [0.2, 0.25) is 0 Å². The van der Waals surface area contributed by atoms with Crippen LogP contribution in [-0.4, -0.2) is 61.2 Å². The fourth-order valence-corrected chi connectivity index (χ4v) is 4.75. The maximum atomic E-state index is 12.5. The second-order valence-corrected chi connectivity index (χ2v) is 9.29. The Balaban J connectivity index is 1.42. The number of hydrogen-bond donors (Lipinski definition) is 1. The van der Waals surface area contributed by atoms with Crippen LogP contribution in [0.2, 0.25) is 0 Å². The monoisotopic (exact) mass is 471 g/mol. The Kier molecular flexibility index (Phi) is 7.33. The van der Waals surface area contributed by atoms with Crippen molar-refractivity contribution in [2.24, 2.45) is 18.9 Å². The summed E-state index contributed by atoms with van der Waals surface area (Å²) in [6.07, 6.45) is 4.50. The van der Waals surface area contributed by atoms with Gasteiger partial charge < -0.3 is 19.5 Å². The highest BCUT2D eigenvalue weighted by Crippen LogP contribution is 2.30. The molecule has 1 saturated carbocycles. The number of carbonyl (C=O) groups is 2. The molecule has 0 bridgehead atoms. The van der Waals surface area contributed by atoms with Gasteiger partial charge in [0.15, 0.2) is 0 Å². The molecule has 1 N–H and O–H groups in total. The van der Waals surface area contributed by atoms with Crippen LogP contribution in [0.3, 0.4) is 0 Å². The summed E-state index contributed by atoms with van der Waals surface area (Å²) in [7, 11) is 1.76. The molecule has 1 saturated heterocycles. The van der Waals surface area contributed by atoms with Crippen LogP contribution < -0.4 is 4.74 Å². The molecule has 1 aliphatic carbocycles. The fourth-order valence-electron chi connectivity index (χ4n) is 4.75. The van der Waals surface area contributed by atoms with Gasteiger partial charge in [-0.05, 0) is 57.1 Å². The summed E-state index contributed by atoms with van der Waals surface area (Å²) in [5.41, 5.74) is 2.52. The lowest BCUT2D eigenvalue weighted by atomic mass is 9.87. The molecule has 1 unspecified atom stereocenters. The molecule has 0 spiro atoms. The number of amides is 1. The minimum atomic E-state index is -0.760. The summed E-state index contributed by atoms with van der Waals surface area (Å²) >= 11 is 0. The zero-order chi connectivity index (χ0) is 24.2. The third-order valence-corrected chi connectivity index (χ3v) is 6.95. The minimum absolute atomic E-state index is 0.0581. The van der Waals surface area contributed by atoms with E-state index in [1.807, 2.05) is 19.1 Å². The standard InChI is InChI=1S/C24H33N5O5/c1-4-16-10-11-29(13-16)24(32)33-14-20-22(26-27-28(20)3)19-8-9-21(15(2)25-19)34-18-7-5-6-17(12-18)23(30)31/h8-9,16-18H,4-7,10-14H2,1-3H3,(H,30,31)/t16?,17-,18-/m0/s1. The lowest BCUT2D eigenvalue weighted by Gasteiger charge is -2.27. The van der Waals surface area contributed by atoms with Gasteiger partial charge in [-0.3, -0.25) is 4.79 Å². The molecule has 0 radical (unpaired) electrons. The summed E-state index contributed by atoms with van der Waals surface area (Å²) in [5, 5.41) is 17.7. The van der Waals surface area contributed by atoms with E-state index in [2.05, 4.69) is 22.2 Å². The van der Waals surface area contributed by atoms with E-state index in [0.717, 1.165) is 38.8 Å². The van der Waals surface area contributed by atoms with E-state index in [0.29, 0.717) is 47.3 Å². The summed E-state index contributed by atoms with van der Waals surface area (Å²) in [4.78, 5) is 30.2. The SMILES string of the molecule is CCC1CCN(C(=O)OCc2c(-c3ccc(O[C@H]4CCC[C@H](C(=O)O)C4)c(C)n3)nnn2C)C1. The van der Waals surface area contributed by atoms with Gasteiger partial charge in [-0.15, -0.1) is 5.10 Å². The second kappa shape index (κ2) is 10.4. The van der Waals surface area contributed by atoms with Crippen LogP contribution in [0.1, 0.15) is 56.8 Å². The van der Waals surface area contributed by atoms with E-state index in [1.54, 1.807) is 16.6 Å². The highest BCUT2D eigenvalue weighted by atomic mass is 16.6. The maximum absolute atomic E-state index is 12.5. The average Bonchev–Trinajstić information content (AvgIpc) is 3.46. The number of carboxylic acid groups (broad SMARTS) is 1. The van der Waals surface area contributed by atoms with Crippen LogP contribution in [0.5, 0.6) is 5.75 Å². The first-order valence-electron chi connectivity index (χ1n) is 12.0. The van der Waals surface area contributed by atoms with Gasteiger partial charge in [-0.2, -0.15) is 0 Å². The molecule has 0 aromatic carbocycles. The number of aromatic nitrogens is 4. The van der Waals surface area contributed by atoms with Gasteiger partial charge in [-0.25, -0.2) is 14.5 Å². The molecule has 10 heteroatoms. The molecule has 184 valence electrons. The Labute approximate surface area is 199 Å². The first-order chi connectivity index (χ1) is 16.4. The first kappa shape index (κ1) is 24.0. The third-order valence-electron chi connectivity index (χ3n) is 6.95. The highest BCUT2D eigenvalue weighted by molar-refractivity contribution is 5.70. The number of likely N-dealkylation sites (tertiary alicyclic amines) is 1. The van der Waals surface area contributed by atoms with E-state index < -0.39 is 5.97 Å². The average molecular weight is 472 g/mol. The van der Waals surface area contributed by atoms with Crippen molar-refractivity contribution in [1.82, 2.24) is 24.9 Å². The normalized spacial score (nSPS) is 22.6. The number of aliphatic carboxylic acids is 1. The van der Waals surface area contributed by atoms with Crippen molar-refractivity contribution in [3.8, 4) is 17.1 Å². The molecule has 2 aliphatic rings. The molecule has 2 aromatic heterocycles. The predicted molar refractivity (Wildman–Crippen MR) is 123 cm³/mol. The van der Waals surface area contributed by atoms with Crippen LogP contribution in [0.4, 0.5) is 4.79 Å². The summed E-state index contributed by atoms with van der Waals surface area (Å²) in [6, 6.07) is 3.64. The molecule has 2 fully saturated rings. The highest BCUT2D eigenvalue weighted by Gasteiger charge is 2.29. The van der Waals surface area contributed by atoms with Gasteiger partial charge in [0, 0.05) is 20.1 Å². The largest absolute Gasteiger partial charge is 0.489 e. The maximum Gasteiger partial charge on any atom is 0.410 e. The number of ether oxygens (including phenoxy) is 2. The van der Waals surface area contributed by atoms with Gasteiger partial charge >= 0.3 is 12.1 Å². The number of nitrogens with zero attached hydrogens (tertiary/aromatic N) is 5. The van der Waals surface area contributed by atoms with E-state index >= 15 is 0 Å². The Hall–Kier alpha value is -3.17. The van der Waals surface area contributed by atoms with Crippen molar-refractivity contribution >= 4 is 12.1 Å². The van der Waals surface area contributed by atoms with E-state index in [9.17, 15) is 14.7 Å². The third kappa shape index (κ3) is 5.31. The van der Waals surface area contributed by atoms with E-state index in [4.69, 9.17) is 9.47 Å². The molecule has 1 amide bonds. The van der Waals surface area contributed by atoms with Crippen LogP contribution in [0.15, 0.2) is 12.1 Å². The Morgan fingerprint density at radius 1 is 1.24 bits per heavy atom. The number of aryl methyl sites for hydroxylation is 2. The lowest BCUT2D eigenvalue weighted by molar-refractivity contribution is -0.143. The molecule has 4 rings (SSSR count). The number of pyridine rings is 1. The van der Waals surface area contributed by atoms with Crippen LogP contribution in [0.25, 0.3) is 11.4 Å². The van der Waals surface area contributed by atoms with Gasteiger partial charge in [0.1, 0.15) is 23.7 Å². The van der Waals surface area contributed by atoms with Gasteiger partial charge in [0.25, 0.3) is 0 Å². The molecular weight excluding hydrogens is 438 g/mol. The van der Waals surface area contributed by atoms with Gasteiger partial charge in [0.05, 0.1) is 23.4 Å². The van der Waals surface area contributed by atoms with Crippen molar-refractivity contribution in [1.29, 1.82) is 0 Å². The quantitative estimate of drug-likeness (QED) is 0.651. The van der Waals surface area contributed by atoms with Crippen molar-refractivity contribution < 1.29 is 24.2 Å². The topological polar surface area (TPSA) is 120 Å². The number of rotatable bonds is 7. The molecular formula is C24H33N5O5. The van der Waals surface area contributed by atoms with Gasteiger partial charge in [-0.1, -0.05) is 18.6 Å². The first-order valence-corrected chi connectivity index (χ1v) is 12.0. The van der Waals surface area contributed by atoms with E-state index in [-0.39, 0.29) is 24.7 Å². The summed E-state index contributed by atoms with van der Waals surface area (Å²) in [5.74, 6) is 0.0584. The van der Waals surface area contributed by atoms with Crippen molar-refractivity contribution in [3.63, 3.8) is 0 Å². The minimum Gasteiger partial charge on any atom is -0.489 e. The molecule has 34 heavy (non-hydrogen) atoms. The zero-order valence-corrected chi connectivity index (χ0v) is 20.1.